The minimum absolute atomic E-state index is 0.0282. The Labute approximate surface area is 160 Å². The number of hydrogen-bond donors (Lipinski definition) is 1. The van der Waals surface area contributed by atoms with E-state index < -0.39 is 0 Å². The number of hydrogen-bond acceptors (Lipinski definition) is 4. The smallest absolute Gasteiger partial charge is 0.338 e. The van der Waals surface area contributed by atoms with Crippen LogP contribution in [0, 0.1) is 0 Å². The summed E-state index contributed by atoms with van der Waals surface area (Å²) in [5.41, 5.74) is 0.234. The molecule has 0 saturated carbocycles. The zero-order chi connectivity index (χ0) is 18.8. The van der Waals surface area contributed by atoms with Gasteiger partial charge in [-0.2, -0.15) is 4.68 Å². The third-order valence-electron chi connectivity index (χ3n) is 4.67. The van der Waals surface area contributed by atoms with Gasteiger partial charge in [0.2, 0.25) is 0 Å². The summed E-state index contributed by atoms with van der Waals surface area (Å²) in [5.74, 6) is 0.954. The number of aromatic amines is 1. The molecule has 1 amide bonds. The largest absolute Gasteiger partial charge is 0.349 e. The summed E-state index contributed by atoms with van der Waals surface area (Å²) in [7, 11) is 0. The molecule has 1 aliphatic heterocycles. The normalized spacial score (nSPS) is 17.1. The van der Waals surface area contributed by atoms with Crippen LogP contribution in [0.3, 0.4) is 0 Å². The molecule has 0 aliphatic carbocycles. The van der Waals surface area contributed by atoms with Crippen molar-refractivity contribution in [3.8, 4) is 5.82 Å². The summed E-state index contributed by atoms with van der Waals surface area (Å²) in [6.07, 6.45) is 3.31. The van der Waals surface area contributed by atoms with E-state index in [0.29, 0.717) is 35.3 Å². The minimum Gasteiger partial charge on any atom is -0.338 e. The maximum Gasteiger partial charge on any atom is 0.349 e. The number of amides is 1. The van der Waals surface area contributed by atoms with Crippen LogP contribution >= 0.6 is 11.6 Å². The highest BCUT2D eigenvalue weighted by Crippen LogP contribution is 2.25. The average Bonchev–Trinajstić information content (AvgIpc) is 3.10. The molecule has 2 aromatic heterocycles. The number of carbonyl (C=O) groups is 1. The van der Waals surface area contributed by atoms with E-state index >= 15 is 0 Å². The Balaban J connectivity index is 1.55. The van der Waals surface area contributed by atoms with Crippen molar-refractivity contribution in [2.45, 2.75) is 18.8 Å². The van der Waals surface area contributed by atoms with Crippen LogP contribution in [0.15, 0.2) is 53.5 Å². The number of aromatic nitrogens is 4. The van der Waals surface area contributed by atoms with Crippen LogP contribution < -0.4 is 5.69 Å². The first-order valence-corrected chi connectivity index (χ1v) is 9.15. The highest BCUT2D eigenvalue weighted by atomic mass is 35.5. The lowest BCUT2D eigenvalue weighted by Crippen LogP contribution is -2.39. The van der Waals surface area contributed by atoms with Gasteiger partial charge in [0.25, 0.3) is 5.91 Å². The molecule has 3 heterocycles. The number of rotatable bonds is 3. The van der Waals surface area contributed by atoms with Gasteiger partial charge in [-0.05, 0) is 43.2 Å². The van der Waals surface area contributed by atoms with Gasteiger partial charge in [0.15, 0.2) is 5.82 Å². The van der Waals surface area contributed by atoms with E-state index in [-0.39, 0.29) is 17.5 Å². The van der Waals surface area contributed by atoms with E-state index in [9.17, 15) is 9.59 Å². The Kier molecular flexibility index (Phi) is 4.77. The Hall–Kier alpha value is -2.93. The van der Waals surface area contributed by atoms with Gasteiger partial charge in [-0.1, -0.05) is 23.7 Å². The molecule has 8 heteroatoms. The topological polar surface area (TPSA) is 83.9 Å². The Morgan fingerprint density at radius 3 is 2.89 bits per heavy atom. The summed E-state index contributed by atoms with van der Waals surface area (Å²) in [4.78, 5) is 33.8. The summed E-state index contributed by atoms with van der Waals surface area (Å²) in [5, 5.41) is 4.95. The van der Waals surface area contributed by atoms with Gasteiger partial charge in [-0.15, -0.1) is 5.10 Å². The lowest BCUT2D eigenvalue weighted by molar-refractivity contribution is 0.0704. The van der Waals surface area contributed by atoms with Crippen LogP contribution in [0.1, 0.15) is 34.9 Å². The molecule has 7 nitrogen and oxygen atoms in total. The number of pyridine rings is 1. The molecule has 4 rings (SSSR count). The number of nitrogens with zero attached hydrogens (tertiary/aromatic N) is 4. The second-order valence-electron chi connectivity index (χ2n) is 6.52. The Morgan fingerprint density at radius 2 is 2.11 bits per heavy atom. The van der Waals surface area contributed by atoms with E-state index in [1.54, 1.807) is 53.6 Å². The fourth-order valence-corrected chi connectivity index (χ4v) is 3.54. The standard InChI is InChI=1S/C19H18ClN5O2/c20-15-7-3-5-13(11-15)18(26)24-10-4-6-14(12-24)17-22-19(27)25(23-17)16-8-1-2-9-21-16/h1-3,5,7-9,11,14H,4,6,10,12H2,(H,22,23,27). The zero-order valence-corrected chi connectivity index (χ0v) is 15.3. The van der Waals surface area contributed by atoms with Crippen LogP contribution in [0.5, 0.6) is 0 Å². The van der Waals surface area contributed by atoms with Crippen LogP contribution in [0.4, 0.5) is 0 Å². The fourth-order valence-electron chi connectivity index (χ4n) is 3.35. The third kappa shape index (κ3) is 3.64. The molecule has 138 valence electrons. The van der Waals surface area contributed by atoms with Crippen molar-refractivity contribution in [3.63, 3.8) is 0 Å². The molecular formula is C19H18ClN5O2. The minimum atomic E-state index is -0.331. The van der Waals surface area contributed by atoms with Gasteiger partial charge in [-0.3, -0.25) is 9.78 Å². The van der Waals surface area contributed by atoms with Crippen molar-refractivity contribution in [1.29, 1.82) is 0 Å². The number of H-pyrrole nitrogens is 1. The molecule has 1 aliphatic rings. The number of nitrogens with one attached hydrogen (secondary N) is 1. The van der Waals surface area contributed by atoms with Gasteiger partial charge in [0.1, 0.15) is 5.82 Å². The van der Waals surface area contributed by atoms with Gasteiger partial charge in [0.05, 0.1) is 0 Å². The van der Waals surface area contributed by atoms with E-state index in [4.69, 9.17) is 11.6 Å². The molecule has 1 saturated heterocycles. The highest BCUT2D eigenvalue weighted by Gasteiger charge is 2.28. The molecule has 3 aromatic rings. The van der Waals surface area contributed by atoms with Crippen LogP contribution in [0.25, 0.3) is 5.82 Å². The Morgan fingerprint density at radius 1 is 1.22 bits per heavy atom. The van der Waals surface area contributed by atoms with E-state index in [1.165, 1.54) is 4.68 Å². The molecule has 1 N–H and O–H groups in total. The van der Waals surface area contributed by atoms with E-state index in [2.05, 4.69) is 15.1 Å². The summed E-state index contributed by atoms with van der Waals surface area (Å²) in [6, 6.07) is 12.2. The Bertz CT molecular complexity index is 1010. The predicted molar refractivity (Wildman–Crippen MR) is 101 cm³/mol. The second kappa shape index (κ2) is 7.36. The summed E-state index contributed by atoms with van der Waals surface area (Å²) < 4.78 is 1.26. The first-order valence-electron chi connectivity index (χ1n) is 8.77. The van der Waals surface area contributed by atoms with Crippen molar-refractivity contribution in [2.24, 2.45) is 0 Å². The van der Waals surface area contributed by atoms with Gasteiger partial charge < -0.3 is 4.90 Å². The van der Waals surface area contributed by atoms with Crippen LogP contribution in [-0.2, 0) is 0 Å². The average molecular weight is 384 g/mol. The third-order valence-corrected chi connectivity index (χ3v) is 4.90. The first kappa shape index (κ1) is 17.5. The van der Waals surface area contributed by atoms with Gasteiger partial charge in [0, 0.05) is 35.8 Å². The van der Waals surface area contributed by atoms with Crippen molar-refractivity contribution in [1.82, 2.24) is 24.6 Å². The van der Waals surface area contributed by atoms with Crippen molar-refractivity contribution < 1.29 is 4.79 Å². The summed E-state index contributed by atoms with van der Waals surface area (Å²) >= 11 is 6.00. The number of piperidine rings is 1. The quantitative estimate of drug-likeness (QED) is 0.753. The zero-order valence-electron chi connectivity index (χ0n) is 14.5. The monoisotopic (exact) mass is 383 g/mol. The lowest BCUT2D eigenvalue weighted by Gasteiger charge is -2.31. The number of halogens is 1. The SMILES string of the molecule is O=C(c1cccc(Cl)c1)N1CCCC(c2nn(-c3ccccn3)c(=O)[nH]2)C1. The highest BCUT2D eigenvalue weighted by molar-refractivity contribution is 6.30. The molecule has 1 fully saturated rings. The van der Waals surface area contributed by atoms with Crippen molar-refractivity contribution in [3.05, 3.63) is 75.6 Å². The van der Waals surface area contributed by atoms with Gasteiger partial charge in [-0.25, -0.2) is 9.78 Å². The van der Waals surface area contributed by atoms with Gasteiger partial charge >= 0.3 is 5.69 Å². The maximum absolute atomic E-state index is 12.8. The predicted octanol–water partition coefficient (Wildman–Crippen LogP) is 2.63. The maximum atomic E-state index is 12.8. The number of benzene rings is 1. The molecule has 27 heavy (non-hydrogen) atoms. The molecule has 0 bridgehead atoms. The second-order valence-corrected chi connectivity index (χ2v) is 6.95. The molecular weight excluding hydrogens is 366 g/mol. The van der Waals surface area contributed by atoms with Crippen molar-refractivity contribution in [2.75, 3.05) is 13.1 Å². The van der Waals surface area contributed by atoms with E-state index in [0.717, 1.165) is 12.8 Å². The van der Waals surface area contributed by atoms with Crippen LogP contribution in [0.2, 0.25) is 5.02 Å². The van der Waals surface area contributed by atoms with Crippen LogP contribution in [-0.4, -0.2) is 43.6 Å². The summed E-state index contributed by atoms with van der Waals surface area (Å²) in [6.45, 7) is 1.17. The lowest BCUT2D eigenvalue weighted by atomic mass is 9.97. The first-order chi connectivity index (χ1) is 13.1. The molecule has 1 unspecified atom stereocenters. The molecule has 0 spiro atoms. The number of carbonyl (C=O) groups excluding carboxylic acids is 1. The van der Waals surface area contributed by atoms with E-state index in [1.807, 2.05) is 0 Å². The number of likely N-dealkylation sites (tertiary alicyclic amines) is 1. The fraction of sp³-hybridized carbons (Fsp3) is 0.263. The van der Waals surface area contributed by atoms with Crippen molar-refractivity contribution >= 4 is 17.5 Å². The molecule has 1 aromatic carbocycles. The molecule has 0 radical (unpaired) electrons. The molecule has 1 atom stereocenters.